The highest BCUT2D eigenvalue weighted by atomic mass is 16.5. The summed E-state index contributed by atoms with van der Waals surface area (Å²) >= 11 is 0. The monoisotopic (exact) mass is 471 g/mol. The molecule has 2 aliphatic rings. The SMILES string of the molecule is Cc1cc(OCCCC2CCN(c3nc(C(C)C)no3)CC2)ccc1C(=O)C[C@H]1COC[C@@H]1O. The van der Waals surface area contributed by atoms with E-state index in [4.69, 9.17) is 14.0 Å². The number of rotatable bonds is 10. The van der Waals surface area contributed by atoms with Gasteiger partial charge in [-0.15, -0.1) is 0 Å². The Labute approximate surface area is 201 Å². The minimum Gasteiger partial charge on any atom is -0.494 e. The fourth-order valence-electron chi connectivity index (χ4n) is 4.73. The molecule has 2 fully saturated rings. The van der Waals surface area contributed by atoms with E-state index in [1.807, 2.05) is 25.1 Å². The zero-order chi connectivity index (χ0) is 24.1. The average molecular weight is 472 g/mol. The molecule has 1 aromatic heterocycles. The summed E-state index contributed by atoms with van der Waals surface area (Å²) in [4.78, 5) is 19.3. The van der Waals surface area contributed by atoms with Crippen LogP contribution in [0.2, 0.25) is 0 Å². The van der Waals surface area contributed by atoms with Crippen molar-refractivity contribution in [3.05, 3.63) is 35.2 Å². The molecular weight excluding hydrogens is 434 g/mol. The smallest absolute Gasteiger partial charge is 0.324 e. The quantitative estimate of drug-likeness (QED) is 0.408. The summed E-state index contributed by atoms with van der Waals surface area (Å²) in [6, 6.07) is 6.29. The van der Waals surface area contributed by atoms with Crippen LogP contribution in [0.25, 0.3) is 0 Å². The van der Waals surface area contributed by atoms with Crippen LogP contribution in [0.1, 0.15) is 73.6 Å². The standard InChI is InChI=1S/C26H37N3O5/c1-17(2)25-27-26(34-28-25)29-10-8-19(9-11-29)5-4-12-33-21-6-7-22(18(3)13-21)23(30)14-20-15-32-16-24(20)31/h6-7,13,17,19-20,24,31H,4-5,8-12,14-16H2,1-3H3/t20-,24-/m0/s1. The van der Waals surface area contributed by atoms with Crippen LogP contribution in [-0.2, 0) is 4.74 Å². The van der Waals surface area contributed by atoms with E-state index in [9.17, 15) is 9.90 Å². The number of aliphatic hydroxyl groups excluding tert-OH is 1. The maximum atomic E-state index is 12.6. The summed E-state index contributed by atoms with van der Waals surface area (Å²) in [5.41, 5.74) is 1.60. The number of carbonyl (C=O) groups excluding carboxylic acids is 1. The van der Waals surface area contributed by atoms with E-state index in [1.54, 1.807) is 0 Å². The summed E-state index contributed by atoms with van der Waals surface area (Å²) in [7, 11) is 0. The zero-order valence-corrected chi connectivity index (χ0v) is 20.5. The van der Waals surface area contributed by atoms with Crippen molar-refractivity contribution < 1.29 is 23.9 Å². The van der Waals surface area contributed by atoms with Crippen LogP contribution in [0.4, 0.5) is 6.01 Å². The van der Waals surface area contributed by atoms with Crippen molar-refractivity contribution in [2.45, 2.75) is 64.9 Å². The minimum atomic E-state index is -0.546. The van der Waals surface area contributed by atoms with Gasteiger partial charge in [-0.2, -0.15) is 4.98 Å². The Hall–Kier alpha value is -2.45. The third-order valence-electron chi connectivity index (χ3n) is 6.97. The first-order valence-corrected chi connectivity index (χ1v) is 12.5. The Kier molecular flexibility index (Phi) is 8.21. The number of piperidine rings is 1. The van der Waals surface area contributed by atoms with E-state index in [-0.39, 0.29) is 17.6 Å². The van der Waals surface area contributed by atoms with E-state index in [2.05, 4.69) is 28.9 Å². The van der Waals surface area contributed by atoms with Gasteiger partial charge >= 0.3 is 6.01 Å². The van der Waals surface area contributed by atoms with Crippen LogP contribution in [0, 0.1) is 18.8 Å². The van der Waals surface area contributed by atoms with Gasteiger partial charge in [-0.05, 0) is 62.3 Å². The number of anilines is 1. The molecule has 0 aliphatic carbocycles. The third kappa shape index (κ3) is 6.16. The summed E-state index contributed by atoms with van der Waals surface area (Å²) in [6.07, 6.45) is 4.15. The summed E-state index contributed by atoms with van der Waals surface area (Å²) in [5, 5.41) is 14.0. The molecule has 0 unspecified atom stereocenters. The molecule has 2 atom stereocenters. The zero-order valence-electron chi connectivity index (χ0n) is 20.5. The molecular formula is C26H37N3O5. The van der Waals surface area contributed by atoms with E-state index >= 15 is 0 Å². The van der Waals surface area contributed by atoms with Gasteiger partial charge in [0.25, 0.3) is 0 Å². The summed E-state index contributed by atoms with van der Waals surface area (Å²) < 4.78 is 16.6. The lowest BCUT2D eigenvalue weighted by Gasteiger charge is -2.30. The molecule has 8 nitrogen and oxygen atoms in total. The summed E-state index contributed by atoms with van der Waals surface area (Å²) in [6.45, 7) is 9.40. The number of aromatic nitrogens is 2. The van der Waals surface area contributed by atoms with Crippen molar-refractivity contribution in [1.29, 1.82) is 0 Å². The van der Waals surface area contributed by atoms with Gasteiger partial charge in [0.1, 0.15) is 5.75 Å². The number of hydrogen-bond donors (Lipinski definition) is 1. The predicted molar refractivity (Wildman–Crippen MR) is 128 cm³/mol. The first-order valence-electron chi connectivity index (χ1n) is 12.5. The van der Waals surface area contributed by atoms with Gasteiger partial charge < -0.3 is 24.0 Å². The Morgan fingerprint density at radius 1 is 1.26 bits per heavy atom. The highest BCUT2D eigenvalue weighted by Gasteiger charge is 2.29. The lowest BCUT2D eigenvalue weighted by Crippen LogP contribution is -2.34. The molecule has 0 bridgehead atoms. The number of ether oxygens (including phenoxy) is 2. The van der Waals surface area contributed by atoms with Crippen molar-refractivity contribution >= 4 is 11.8 Å². The van der Waals surface area contributed by atoms with Crippen molar-refractivity contribution in [2.75, 3.05) is 37.8 Å². The second-order valence-electron chi connectivity index (χ2n) is 9.98. The number of aliphatic hydroxyl groups is 1. The molecule has 1 N–H and O–H groups in total. The van der Waals surface area contributed by atoms with Gasteiger partial charge in [-0.1, -0.05) is 19.0 Å². The van der Waals surface area contributed by atoms with Gasteiger partial charge in [-0.3, -0.25) is 4.79 Å². The van der Waals surface area contributed by atoms with E-state index in [0.29, 0.717) is 43.7 Å². The van der Waals surface area contributed by atoms with Gasteiger partial charge in [0.2, 0.25) is 0 Å². The topological polar surface area (TPSA) is 97.9 Å². The van der Waals surface area contributed by atoms with E-state index in [1.165, 1.54) is 0 Å². The maximum Gasteiger partial charge on any atom is 0.324 e. The molecule has 2 aromatic rings. The largest absolute Gasteiger partial charge is 0.494 e. The van der Waals surface area contributed by atoms with Crippen LogP contribution < -0.4 is 9.64 Å². The first kappa shape index (κ1) is 24.7. The van der Waals surface area contributed by atoms with Crippen LogP contribution in [-0.4, -0.2) is 60.0 Å². The van der Waals surface area contributed by atoms with Crippen molar-refractivity contribution in [3.63, 3.8) is 0 Å². The third-order valence-corrected chi connectivity index (χ3v) is 6.97. The van der Waals surface area contributed by atoms with Crippen molar-refractivity contribution in [1.82, 2.24) is 10.1 Å². The predicted octanol–water partition coefficient (Wildman–Crippen LogP) is 4.16. The van der Waals surface area contributed by atoms with Gasteiger partial charge in [0.15, 0.2) is 11.6 Å². The van der Waals surface area contributed by atoms with E-state index in [0.717, 1.165) is 55.9 Å². The molecule has 4 rings (SSSR count). The first-order chi connectivity index (χ1) is 16.4. The van der Waals surface area contributed by atoms with Gasteiger partial charge in [-0.25, -0.2) is 0 Å². The van der Waals surface area contributed by atoms with Crippen molar-refractivity contribution in [3.8, 4) is 5.75 Å². The molecule has 2 saturated heterocycles. The molecule has 0 saturated carbocycles. The molecule has 0 amide bonds. The lowest BCUT2D eigenvalue weighted by molar-refractivity contribution is 0.0890. The van der Waals surface area contributed by atoms with Gasteiger partial charge in [0, 0.05) is 36.9 Å². The maximum absolute atomic E-state index is 12.6. The second-order valence-corrected chi connectivity index (χ2v) is 9.98. The molecule has 0 spiro atoms. The second kappa shape index (κ2) is 11.3. The molecule has 0 radical (unpaired) electrons. The molecule has 8 heteroatoms. The molecule has 2 aliphatic heterocycles. The Bertz CT molecular complexity index is 952. The minimum absolute atomic E-state index is 0.0471. The highest BCUT2D eigenvalue weighted by molar-refractivity contribution is 5.97. The number of carbonyl (C=O) groups is 1. The number of aryl methyl sites for hydroxylation is 1. The van der Waals surface area contributed by atoms with E-state index < -0.39 is 6.10 Å². The molecule has 186 valence electrons. The van der Waals surface area contributed by atoms with Crippen LogP contribution >= 0.6 is 0 Å². The van der Waals surface area contributed by atoms with Crippen LogP contribution in [0.3, 0.4) is 0 Å². The fourth-order valence-corrected chi connectivity index (χ4v) is 4.73. The lowest BCUT2D eigenvalue weighted by atomic mass is 9.92. The highest BCUT2D eigenvalue weighted by Crippen LogP contribution is 2.27. The number of Topliss-reactive ketones (excluding diaryl/α,β-unsaturated/α-hetero) is 1. The number of benzene rings is 1. The number of hydrogen-bond acceptors (Lipinski definition) is 8. The van der Waals surface area contributed by atoms with Crippen LogP contribution in [0.15, 0.2) is 22.7 Å². The average Bonchev–Trinajstić information content (AvgIpc) is 3.47. The Morgan fingerprint density at radius 2 is 2.06 bits per heavy atom. The fraction of sp³-hybridized carbons (Fsp3) is 0.654. The molecule has 34 heavy (non-hydrogen) atoms. The Balaban J connectivity index is 1.16. The molecule has 1 aromatic carbocycles. The summed E-state index contributed by atoms with van der Waals surface area (Å²) in [5.74, 6) is 2.46. The van der Waals surface area contributed by atoms with Crippen LogP contribution in [0.5, 0.6) is 5.75 Å². The number of ketones is 1. The number of nitrogens with zero attached hydrogens (tertiary/aromatic N) is 3. The van der Waals surface area contributed by atoms with Gasteiger partial charge in [0.05, 0.1) is 25.9 Å². The van der Waals surface area contributed by atoms with Crippen molar-refractivity contribution in [2.24, 2.45) is 11.8 Å². The normalized spacial score (nSPS) is 21.4. The Morgan fingerprint density at radius 3 is 2.71 bits per heavy atom. The molecule has 3 heterocycles.